The fourth-order valence-electron chi connectivity index (χ4n) is 4.22. The minimum atomic E-state index is 0.482. The summed E-state index contributed by atoms with van der Waals surface area (Å²) < 4.78 is 11.3. The van der Waals surface area contributed by atoms with Gasteiger partial charge in [0.1, 0.15) is 11.5 Å². The van der Waals surface area contributed by atoms with E-state index in [2.05, 4.69) is 48.2 Å². The molecule has 0 amide bonds. The molecule has 198 valence electrons. The van der Waals surface area contributed by atoms with E-state index in [0.29, 0.717) is 36.3 Å². The van der Waals surface area contributed by atoms with Crippen molar-refractivity contribution in [1.82, 2.24) is 4.98 Å². The lowest BCUT2D eigenvalue weighted by Crippen LogP contribution is -2.28. The number of hydrogen-bond donors (Lipinski definition) is 0. The van der Waals surface area contributed by atoms with Crippen molar-refractivity contribution < 1.29 is 9.47 Å². The third-order valence-electron chi connectivity index (χ3n) is 6.11. The SMILES string of the molecule is COc1cc(N(CCCl)CCCl)c(OC)cc1C=Nc1ccc(-c2nc(Cc3ccccc3)sc2C)cc1. The molecule has 0 spiro atoms. The van der Waals surface area contributed by atoms with Crippen molar-refractivity contribution >= 4 is 52.1 Å². The van der Waals surface area contributed by atoms with E-state index in [0.717, 1.165) is 39.6 Å². The molecule has 0 aliphatic heterocycles. The van der Waals surface area contributed by atoms with Gasteiger partial charge in [-0.1, -0.05) is 42.5 Å². The number of halogens is 2. The highest BCUT2D eigenvalue weighted by Gasteiger charge is 2.16. The molecule has 4 aromatic rings. The molecule has 4 rings (SSSR count). The van der Waals surface area contributed by atoms with E-state index in [9.17, 15) is 0 Å². The Morgan fingerprint density at radius 3 is 2.24 bits per heavy atom. The number of alkyl halides is 2. The highest BCUT2D eigenvalue weighted by Crippen LogP contribution is 2.35. The maximum absolute atomic E-state index is 6.01. The quantitative estimate of drug-likeness (QED) is 0.129. The number of ether oxygens (including phenoxy) is 2. The van der Waals surface area contributed by atoms with Gasteiger partial charge in [-0.05, 0) is 30.7 Å². The molecule has 5 nitrogen and oxygen atoms in total. The first kappa shape index (κ1) is 28.0. The molecule has 0 fully saturated rings. The summed E-state index contributed by atoms with van der Waals surface area (Å²) in [5.41, 5.74) is 5.91. The maximum atomic E-state index is 6.01. The summed E-state index contributed by atoms with van der Waals surface area (Å²) in [6.45, 7) is 3.43. The summed E-state index contributed by atoms with van der Waals surface area (Å²) in [7, 11) is 3.30. The lowest BCUT2D eigenvalue weighted by molar-refractivity contribution is 0.402. The van der Waals surface area contributed by atoms with Crippen LogP contribution in [0.3, 0.4) is 0 Å². The fourth-order valence-corrected chi connectivity index (χ4v) is 5.62. The Bertz CT molecular complexity index is 1350. The molecule has 0 aliphatic rings. The van der Waals surface area contributed by atoms with Crippen molar-refractivity contribution in [3.8, 4) is 22.8 Å². The van der Waals surface area contributed by atoms with Crippen LogP contribution in [0.4, 0.5) is 11.4 Å². The minimum absolute atomic E-state index is 0.482. The van der Waals surface area contributed by atoms with Crippen LogP contribution in [0.25, 0.3) is 11.3 Å². The predicted octanol–water partition coefficient (Wildman–Crippen LogP) is 7.76. The van der Waals surface area contributed by atoms with E-state index in [-0.39, 0.29) is 0 Å². The number of hydrogen-bond acceptors (Lipinski definition) is 6. The van der Waals surface area contributed by atoms with Crippen molar-refractivity contribution in [3.63, 3.8) is 0 Å². The molecule has 0 atom stereocenters. The van der Waals surface area contributed by atoms with E-state index in [1.165, 1.54) is 10.4 Å². The second-order valence-electron chi connectivity index (χ2n) is 8.61. The van der Waals surface area contributed by atoms with Crippen LogP contribution in [0.1, 0.15) is 21.0 Å². The smallest absolute Gasteiger partial charge is 0.143 e. The van der Waals surface area contributed by atoms with Crippen molar-refractivity contribution in [2.24, 2.45) is 4.99 Å². The van der Waals surface area contributed by atoms with Crippen LogP contribution in [0.15, 0.2) is 71.7 Å². The van der Waals surface area contributed by atoms with Gasteiger partial charge in [0.2, 0.25) is 0 Å². The van der Waals surface area contributed by atoms with Gasteiger partial charge < -0.3 is 14.4 Å². The molecule has 3 aromatic carbocycles. The first-order valence-electron chi connectivity index (χ1n) is 12.3. The second-order valence-corrected chi connectivity index (χ2v) is 10.7. The van der Waals surface area contributed by atoms with Gasteiger partial charge in [-0.25, -0.2) is 4.98 Å². The van der Waals surface area contributed by atoms with Crippen LogP contribution in [-0.4, -0.2) is 50.3 Å². The Hall–Kier alpha value is -3.06. The lowest BCUT2D eigenvalue weighted by Gasteiger charge is -2.26. The standard InChI is InChI=1S/C30H31Cl2N3O2S/c1-21-30(34-29(38-21)17-22-7-5-4-6-8-22)23-9-11-25(12-10-23)33-20-24-18-28(37-3)26(19-27(24)36-2)35(15-13-31)16-14-32/h4-12,18-20H,13-17H2,1-3H3. The highest BCUT2D eigenvalue weighted by molar-refractivity contribution is 7.12. The summed E-state index contributed by atoms with van der Waals surface area (Å²) in [5, 5.41) is 1.12. The molecule has 0 N–H and O–H groups in total. The van der Waals surface area contributed by atoms with Gasteiger partial charge in [0, 0.05) is 59.6 Å². The van der Waals surface area contributed by atoms with E-state index in [4.69, 9.17) is 42.7 Å². The topological polar surface area (TPSA) is 47.0 Å². The van der Waals surface area contributed by atoms with Gasteiger partial charge in [-0.15, -0.1) is 34.5 Å². The molecule has 1 heterocycles. The first-order chi connectivity index (χ1) is 18.6. The molecule has 0 bridgehead atoms. The van der Waals surface area contributed by atoms with Crippen molar-refractivity contribution in [2.45, 2.75) is 13.3 Å². The van der Waals surface area contributed by atoms with Gasteiger partial charge >= 0.3 is 0 Å². The number of anilines is 1. The Morgan fingerprint density at radius 1 is 0.921 bits per heavy atom. The third-order valence-corrected chi connectivity index (χ3v) is 7.42. The Kier molecular flexibility index (Phi) is 10.0. The summed E-state index contributed by atoms with van der Waals surface area (Å²) in [6, 6.07) is 22.4. The van der Waals surface area contributed by atoms with Gasteiger partial charge in [0.15, 0.2) is 0 Å². The van der Waals surface area contributed by atoms with E-state index < -0.39 is 0 Å². The zero-order chi connectivity index (χ0) is 26.9. The number of aromatic nitrogens is 1. The number of methoxy groups -OCH3 is 2. The number of nitrogens with zero attached hydrogens (tertiary/aromatic N) is 3. The summed E-state index contributed by atoms with van der Waals surface area (Å²) >= 11 is 13.8. The van der Waals surface area contributed by atoms with Crippen molar-refractivity contribution in [1.29, 1.82) is 0 Å². The average molecular weight is 569 g/mol. The Labute approximate surface area is 238 Å². The monoisotopic (exact) mass is 567 g/mol. The number of rotatable bonds is 12. The molecule has 0 radical (unpaired) electrons. The van der Waals surface area contributed by atoms with Crippen LogP contribution < -0.4 is 14.4 Å². The second kappa shape index (κ2) is 13.7. The molecule has 8 heteroatoms. The summed E-state index contributed by atoms with van der Waals surface area (Å²) in [4.78, 5) is 12.9. The first-order valence-corrected chi connectivity index (χ1v) is 14.2. The highest BCUT2D eigenvalue weighted by atomic mass is 35.5. The molecular formula is C30H31Cl2N3O2S. The van der Waals surface area contributed by atoms with Crippen molar-refractivity contribution in [2.75, 3.05) is 44.0 Å². The molecular weight excluding hydrogens is 537 g/mol. The lowest BCUT2D eigenvalue weighted by atomic mass is 10.1. The number of benzene rings is 3. The molecule has 0 saturated carbocycles. The zero-order valence-electron chi connectivity index (χ0n) is 21.8. The maximum Gasteiger partial charge on any atom is 0.143 e. The third kappa shape index (κ3) is 6.87. The van der Waals surface area contributed by atoms with Gasteiger partial charge in [-0.2, -0.15) is 0 Å². The van der Waals surface area contributed by atoms with Crippen LogP contribution in [0.5, 0.6) is 11.5 Å². The van der Waals surface area contributed by atoms with E-state index in [1.54, 1.807) is 31.8 Å². The number of aliphatic imine (C=N–C) groups is 1. The fraction of sp³-hybridized carbons (Fsp3) is 0.267. The van der Waals surface area contributed by atoms with Crippen molar-refractivity contribution in [3.05, 3.63) is 87.7 Å². The number of thiazole rings is 1. The van der Waals surface area contributed by atoms with Crippen LogP contribution in [0.2, 0.25) is 0 Å². The summed E-state index contributed by atoms with van der Waals surface area (Å²) in [6.07, 6.45) is 2.63. The molecule has 0 unspecified atom stereocenters. The molecule has 0 aliphatic carbocycles. The van der Waals surface area contributed by atoms with Gasteiger partial charge in [0.05, 0.1) is 36.3 Å². The Morgan fingerprint density at radius 2 is 1.61 bits per heavy atom. The van der Waals surface area contributed by atoms with Gasteiger partial charge in [-0.3, -0.25) is 4.99 Å². The average Bonchev–Trinajstić information content (AvgIpc) is 3.31. The van der Waals surface area contributed by atoms with Crippen LogP contribution in [-0.2, 0) is 6.42 Å². The summed E-state index contributed by atoms with van der Waals surface area (Å²) in [5.74, 6) is 2.37. The minimum Gasteiger partial charge on any atom is -0.496 e. The normalized spacial score (nSPS) is 11.2. The van der Waals surface area contributed by atoms with E-state index >= 15 is 0 Å². The molecule has 1 aromatic heterocycles. The van der Waals surface area contributed by atoms with Crippen LogP contribution >= 0.6 is 34.5 Å². The van der Waals surface area contributed by atoms with E-state index in [1.807, 2.05) is 30.3 Å². The largest absolute Gasteiger partial charge is 0.496 e. The molecule has 38 heavy (non-hydrogen) atoms. The van der Waals surface area contributed by atoms with Crippen LogP contribution in [0, 0.1) is 6.92 Å². The predicted molar refractivity (Wildman–Crippen MR) is 162 cm³/mol. The van der Waals surface area contributed by atoms with Gasteiger partial charge in [0.25, 0.3) is 0 Å². The zero-order valence-corrected chi connectivity index (χ0v) is 24.1. The Balaban J connectivity index is 1.54. The number of aryl methyl sites for hydroxylation is 1. The molecule has 0 saturated heterocycles.